The lowest BCUT2D eigenvalue weighted by atomic mass is 10.0. The molecule has 2 aromatic rings. The van der Waals surface area contributed by atoms with E-state index in [-0.39, 0.29) is 5.91 Å². The van der Waals surface area contributed by atoms with Gasteiger partial charge in [0.1, 0.15) is 0 Å². The van der Waals surface area contributed by atoms with Crippen molar-refractivity contribution < 1.29 is 4.79 Å². The number of hydrogen-bond donors (Lipinski definition) is 1. The number of piperazine rings is 1. The van der Waals surface area contributed by atoms with E-state index in [0.29, 0.717) is 11.2 Å². The lowest BCUT2D eigenvalue weighted by molar-refractivity contribution is -0.114. The van der Waals surface area contributed by atoms with Crippen molar-refractivity contribution in [3.8, 4) is 0 Å². The van der Waals surface area contributed by atoms with Gasteiger partial charge >= 0.3 is 0 Å². The van der Waals surface area contributed by atoms with Crippen molar-refractivity contribution in [3.05, 3.63) is 39.9 Å². The zero-order chi connectivity index (χ0) is 19.5. The summed E-state index contributed by atoms with van der Waals surface area (Å²) in [6.07, 6.45) is 10.7. The zero-order valence-corrected chi connectivity index (χ0v) is 17.5. The summed E-state index contributed by atoms with van der Waals surface area (Å²) in [4.78, 5) is 21.6. The Hall–Kier alpha value is -2.36. The number of carbonyl (C=O) groups excluding carboxylic acids is 1. The molecule has 1 aliphatic heterocycles. The average molecular weight is 415 g/mol. The molecule has 9 heteroatoms. The Balaban J connectivity index is 1.41. The highest BCUT2D eigenvalue weighted by molar-refractivity contribution is 7.19. The Kier molecular flexibility index (Phi) is 5.65. The number of allylic oxidation sites excluding steroid dienone is 2. The van der Waals surface area contributed by atoms with E-state index < -0.39 is 0 Å². The molecule has 0 saturated carbocycles. The summed E-state index contributed by atoms with van der Waals surface area (Å²) in [6.45, 7) is 7.39. The van der Waals surface area contributed by atoms with E-state index in [2.05, 4.69) is 67.6 Å². The van der Waals surface area contributed by atoms with Crippen LogP contribution in [0.2, 0.25) is 0 Å². The van der Waals surface area contributed by atoms with E-state index in [9.17, 15) is 4.79 Å². The minimum atomic E-state index is -0.125. The highest BCUT2D eigenvalue weighted by Crippen LogP contribution is 2.27. The first-order chi connectivity index (χ1) is 13.6. The molecule has 1 atom stereocenters. The smallest absolute Gasteiger partial charge is 0.223 e. The summed E-state index contributed by atoms with van der Waals surface area (Å²) in [5.41, 5.74) is 4.22. The first-order valence-electron chi connectivity index (χ1n) is 9.20. The molecular formula is C19H22N6OS2. The molecule has 1 aliphatic carbocycles. The minimum Gasteiger partial charge on any atom is -0.344 e. The third-order valence-corrected chi connectivity index (χ3v) is 6.60. The fraction of sp³-hybridized carbons (Fsp3) is 0.368. The van der Waals surface area contributed by atoms with Crippen LogP contribution in [0.3, 0.4) is 0 Å². The van der Waals surface area contributed by atoms with Gasteiger partial charge in [0.05, 0.1) is 16.1 Å². The number of thiazole rings is 1. The van der Waals surface area contributed by atoms with E-state index >= 15 is 0 Å². The molecule has 1 N–H and O–H groups in total. The van der Waals surface area contributed by atoms with E-state index in [1.54, 1.807) is 11.3 Å². The van der Waals surface area contributed by atoms with Crippen molar-refractivity contribution >= 4 is 51.0 Å². The number of carbonyl (C=O) groups is 1. The van der Waals surface area contributed by atoms with Crippen LogP contribution in [-0.4, -0.2) is 58.2 Å². The van der Waals surface area contributed by atoms with Gasteiger partial charge in [0.15, 0.2) is 0 Å². The van der Waals surface area contributed by atoms with Crippen LogP contribution in [0.1, 0.15) is 24.4 Å². The van der Waals surface area contributed by atoms with E-state index in [0.717, 1.165) is 37.0 Å². The van der Waals surface area contributed by atoms with Crippen molar-refractivity contribution in [1.29, 1.82) is 0 Å². The molecular weight excluding hydrogens is 392 g/mol. The summed E-state index contributed by atoms with van der Waals surface area (Å²) in [5, 5.41) is 12.4. The number of amides is 1. The number of rotatable bonds is 4. The molecule has 0 aromatic carbocycles. The van der Waals surface area contributed by atoms with Gasteiger partial charge in [-0.05, 0) is 24.6 Å². The number of fused-ring (bicyclic) bond motifs is 1. The molecule has 1 amide bonds. The second-order valence-electron chi connectivity index (χ2n) is 6.73. The van der Waals surface area contributed by atoms with E-state index in [1.165, 1.54) is 28.7 Å². The molecule has 7 nitrogen and oxygen atoms in total. The SMILES string of the molecule is CC(=O)Nc1nnc(N2CCN([C@@H](C)C3=Cc4ncsc4/C=C\C=C3)CC2)s1. The van der Waals surface area contributed by atoms with Crippen LogP contribution in [-0.2, 0) is 4.79 Å². The van der Waals surface area contributed by atoms with Gasteiger partial charge in [-0.3, -0.25) is 9.69 Å². The largest absolute Gasteiger partial charge is 0.344 e. The average Bonchev–Trinajstić information content (AvgIpc) is 3.30. The van der Waals surface area contributed by atoms with Crippen LogP contribution in [0.5, 0.6) is 0 Å². The number of hydrogen-bond acceptors (Lipinski definition) is 8. The first kappa shape index (κ1) is 19.0. The highest BCUT2D eigenvalue weighted by Gasteiger charge is 2.25. The fourth-order valence-corrected chi connectivity index (χ4v) is 4.84. The fourth-order valence-electron chi connectivity index (χ4n) is 3.33. The Morgan fingerprint density at radius 1 is 1.18 bits per heavy atom. The van der Waals surface area contributed by atoms with Gasteiger partial charge in [-0.1, -0.05) is 29.6 Å². The summed E-state index contributed by atoms with van der Waals surface area (Å²) < 4.78 is 0. The molecule has 3 heterocycles. The van der Waals surface area contributed by atoms with Crippen LogP contribution in [0.25, 0.3) is 12.2 Å². The Morgan fingerprint density at radius 3 is 2.75 bits per heavy atom. The highest BCUT2D eigenvalue weighted by atomic mass is 32.1. The van der Waals surface area contributed by atoms with Gasteiger partial charge < -0.3 is 10.2 Å². The lowest BCUT2D eigenvalue weighted by Crippen LogP contribution is -2.50. The molecule has 28 heavy (non-hydrogen) atoms. The molecule has 2 aromatic heterocycles. The summed E-state index contributed by atoms with van der Waals surface area (Å²) in [5.74, 6) is -0.125. The van der Waals surface area contributed by atoms with Crippen molar-refractivity contribution in [2.24, 2.45) is 0 Å². The predicted octanol–water partition coefficient (Wildman–Crippen LogP) is 3.13. The van der Waals surface area contributed by atoms with Crippen molar-refractivity contribution in [2.75, 3.05) is 36.4 Å². The second kappa shape index (κ2) is 8.34. The third kappa shape index (κ3) is 4.21. The maximum absolute atomic E-state index is 11.2. The Labute approximate surface area is 172 Å². The molecule has 4 rings (SSSR count). The first-order valence-corrected chi connectivity index (χ1v) is 10.9. The molecule has 0 bridgehead atoms. The monoisotopic (exact) mass is 414 g/mol. The lowest BCUT2D eigenvalue weighted by Gasteiger charge is -2.38. The van der Waals surface area contributed by atoms with Crippen LogP contribution < -0.4 is 10.2 Å². The summed E-state index contributed by atoms with van der Waals surface area (Å²) in [6, 6.07) is 0.309. The van der Waals surface area contributed by atoms with Crippen LogP contribution in [0.15, 0.2) is 29.3 Å². The number of anilines is 2. The number of aromatic nitrogens is 3. The normalized spacial score (nSPS) is 19.4. The van der Waals surface area contributed by atoms with Gasteiger partial charge in [0.2, 0.25) is 16.2 Å². The van der Waals surface area contributed by atoms with Gasteiger partial charge in [0, 0.05) is 39.1 Å². The number of nitrogens with zero attached hydrogens (tertiary/aromatic N) is 5. The molecule has 1 saturated heterocycles. The molecule has 0 radical (unpaired) electrons. The van der Waals surface area contributed by atoms with Gasteiger partial charge in [0.25, 0.3) is 0 Å². The summed E-state index contributed by atoms with van der Waals surface area (Å²) >= 11 is 3.09. The second-order valence-corrected chi connectivity index (χ2v) is 8.58. The van der Waals surface area contributed by atoms with Crippen LogP contribution in [0.4, 0.5) is 10.3 Å². The molecule has 0 unspecified atom stereocenters. The van der Waals surface area contributed by atoms with Gasteiger partial charge in [-0.2, -0.15) is 0 Å². The maximum Gasteiger partial charge on any atom is 0.223 e. The zero-order valence-electron chi connectivity index (χ0n) is 15.8. The molecule has 0 spiro atoms. The molecule has 146 valence electrons. The van der Waals surface area contributed by atoms with Crippen molar-refractivity contribution in [3.63, 3.8) is 0 Å². The third-order valence-electron chi connectivity index (χ3n) is 4.89. The number of nitrogens with one attached hydrogen (secondary N) is 1. The van der Waals surface area contributed by atoms with Crippen LogP contribution >= 0.6 is 22.7 Å². The van der Waals surface area contributed by atoms with Gasteiger partial charge in [-0.25, -0.2) is 4.98 Å². The van der Waals surface area contributed by atoms with Crippen molar-refractivity contribution in [2.45, 2.75) is 19.9 Å². The topological polar surface area (TPSA) is 74.2 Å². The standard InChI is InChI=1S/C19H22N6OS2/c1-13(15-5-3-4-6-17-16(11-15)20-12-27-17)24-7-9-25(10-8-24)19-23-22-18(28-19)21-14(2)26/h3-6,11-13H,7-10H2,1-2H3,(H,21,22,26)/b4-3?,5-3?,6-4-,15-5?,15-11?,16-11?,17-6?/t13-/m0/s1. The maximum atomic E-state index is 11.2. The Morgan fingerprint density at radius 2 is 1.96 bits per heavy atom. The van der Waals surface area contributed by atoms with Crippen molar-refractivity contribution in [1.82, 2.24) is 20.1 Å². The van der Waals surface area contributed by atoms with Gasteiger partial charge in [-0.15, -0.1) is 21.5 Å². The van der Waals surface area contributed by atoms with E-state index in [1.807, 2.05) is 5.51 Å². The predicted molar refractivity (Wildman–Crippen MR) is 116 cm³/mol. The summed E-state index contributed by atoms with van der Waals surface area (Å²) in [7, 11) is 0. The quantitative estimate of drug-likeness (QED) is 0.829. The molecule has 1 fully saturated rings. The Bertz CT molecular complexity index is 936. The van der Waals surface area contributed by atoms with E-state index in [4.69, 9.17) is 0 Å². The van der Waals surface area contributed by atoms with Crippen LogP contribution in [0, 0.1) is 0 Å². The molecule has 2 aliphatic rings. The minimum absolute atomic E-state index is 0.125.